The van der Waals surface area contributed by atoms with Gasteiger partial charge in [0.25, 0.3) is 5.91 Å². The van der Waals surface area contributed by atoms with Crippen molar-refractivity contribution < 1.29 is 13.9 Å². The summed E-state index contributed by atoms with van der Waals surface area (Å²) in [6.45, 7) is 4.50. The molecule has 2 aliphatic carbocycles. The minimum absolute atomic E-state index is 0.00104. The number of aryl methyl sites for hydroxylation is 1. The molecule has 3 fully saturated rings. The lowest BCUT2D eigenvalue weighted by atomic mass is 9.77. The van der Waals surface area contributed by atoms with E-state index in [2.05, 4.69) is 25.4 Å². The molecule has 150 valence electrons. The van der Waals surface area contributed by atoms with Gasteiger partial charge in [-0.2, -0.15) is 0 Å². The third-order valence-corrected chi connectivity index (χ3v) is 6.90. The largest absolute Gasteiger partial charge is 0.448 e. The van der Waals surface area contributed by atoms with E-state index in [1.54, 1.807) is 23.8 Å². The van der Waals surface area contributed by atoms with Crippen LogP contribution in [0.2, 0.25) is 0 Å². The van der Waals surface area contributed by atoms with Crippen LogP contribution in [0.5, 0.6) is 0 Å². The maximum atomic E-state index is 12.6. The highest BCUT2D eigenvalue weighted by atomic mass is 32.1. The monoisotopic (exact) mass is 403 g/mol. The normalized spacial score (nSPS) is 29.7. The van der Waals surface area contributed by atoms with E-state index in [1.807, 2.05) is 0 Å². The molecule has 0 aromatic carbocycles. The van der Waals surface area contributed by atoms with Crippen molar-refractivity contribution in [3.63, 3.8) is 0 Å². The summed E-state index contributed by atoms with van der Waals surface area (Å²) in [6, 6.07) is -0.00104. The van der Waals surface area contributed by atoms with Crippen LogP contribution in [-0.2, 0) is 4.74 Å². The van der Waals surface area contributed by atoms with Crippen LogP contribution in [0.4, 0.5) is 5.13 Å². The van der Waals surface area contributed by atoms with Crippen LogP contribution in [-0.4, -0.2) is 52.9 Å². The fraction of sp³-hybridized carbons (Fsp3) is 0.684. The molecule has 5 rings (SSSR count). The summed E-state index contributed by atoms with van der Waals surface area (Å²) in [7, 11) is 0. The number of carbonyl (C=O) groups is 1. The third kappa shape index (κ3) is 3.77. The number of oxazole rings is 1. The first-order valence-electron chi connectivity index (χ1n) is 10.0. The molecule has 1 amide bonds. The fourth-order valence-corrected chi connectivity index (χ4v) is 5.05. The van der Waals surface area contributed by atoms with Crippen molar-refractivity contribution in [1.29, 1.82) is 0 Å². The van der Waals surface area contributed by atoms with Crippen molar-refractivity contribution in [2.24, 2.45) is 17.8 Å². The molecule has 4 atom stereocenters. The first-order valence-corrected chi connectivity index (χ1v) is 10.9. The second kappa shape index (κ2) is 7.44. The van der Waals surface area contributed by atoms with E-state index in [0.29, 0.717) is 29.3 Å². The Hall–Kier alpha value is -2.00. The van der Waals surface area contributed by atoms with E-state index < -0.39 is 0 Å². The molecule has 2 saturated carbocycles. The van der Waals surface area contributed by atoms with E-state index in [1.165, 1.54) is 19.1 Å². The Kier molecular flexibility index (Phi) is 4.80. The van der Waals surface area contributed by atoms with Gasteiger partial charge in [0.05, 0.1) is 12.1 Å². The second-order valence-electron chi connectivity index (χ2n) is 8.26. The molecule has 1 saturated heterocycles. The van der Waals surface area contributed by atoms with Crippen LogP contribution in [0, 0.1) is 24.7 Å². The van der Waals surface area contributed by atoms with Gasteiger partial charge in [-0.1, -0.05) is 11.3 Å². The van der Waals surface area contributed by atoms with Gasteiger partial charge in [-0.05, 0) is 43.4 Å². The Labute approximate surface area is 167 Å². The first kappa shape index (κ1) is 18.1. The topological polar surface area (TPSA) is 93.4 Å². The van der Waals surface area contributed by atoms with Gasteiger partial charge in [-0.3, -0.25) is 4.79 Å². The molecule has 2 aromatic rings. The van der Waals surface area contributed by atoms with Crippen LogP contribution in [0.15, 0.2) is 16.2 Å². The Morgan fingerprint density at radius 3 is 2.86 bits per heavy atom. The number of hydrogen-bond donors (Lipinski definition) is 1. The lowest BCUT2D eigenvalue weighted by Gasteiger charge is -2.38. The quantitative estimate of drug-likeness (QED) is 0.791. The van der Waals surface area contributed by atoms with E-state index >= 15 is 0 Å². The molecule has 8 nitrogen and oxygen atoms in total. The number of carbonyl (C=O) groups excluding carboxylic acids is 1. The van der Waals surface area contributed by atoms with Gasteiger partial charge in [0.1, 0.15) is 11.8 Å². The average molecular weight is 404 g/mol. The molecule has 3 heterocycles. The highest BCUT2D eigenvalue weighted by Gasteiger charge is 2.44. The van der Waals surface area contributed by atoms with Crippen molar-refractivity contribution in [3.05, 3.63) is 23.4 Å². The number of amides is 1. The number of nitrogens with one attached hydrogen (secondary N) is 1. The molecule has 9 heteroatoms. The standard InChI is InChI=1S/C19H25N5O3S/c1-11-21-16(9-26-11)18(25)22-15-4-13-6-24(19-23-20-10-28-19)7-14(13)5-17(15)27-8-12-2-3-12/h9-10,12-15,17H,2-8H2,1H3,(H,22,25)/t13-,14+,15-,17-/m0/s1. The molecule has 3 aliphatic rings. The molecule has 0 unspecified atom stereocenters. The summed E-state index contributed by atoms with van der Waals surface area (Å²) in [5.41, 5.74) is 2.12. The zero-order valence-electron chi connectivity index (χ0n) is 15.9. The smallest absolute Gasteiger partial charge is 0.273 e. The van der Waals surface area contributed by atoms with E-state index in [4.69, 9.17) is 9.15 Å². The molecule has 1 aliphatic heterocycles. The minimum atomic E-state index is -0.181. The molecular weight excluding hydrogens is 378 g/mol. The lowest BCUT2D eigenvalue weighted by molar-refractivity contribution is -0.0212. The predicted molar refractivity (Wildman–Crippen MR) is 103 cm³/mol. The van der Waals surface area contributed by atoms with Crippen LogP contribution >= 0.6 is 11.3 Å². The molecule has 2 aromatic heterocycles. The zero-order valence-corrected chi connectivity index (χ0v) is 16.7. The van der Waals surface area contributed by atoms with Gasteiger partial charge in [0, 0.05) is 26.6 Å². The Balaban J connectivity index is 1.28. The Morgan fingerprint density at radius 2 is 2.18 bits per heavy atom. The second-order valence-corrected chi connectivity index (χ2v) is 9.08. The van der Waals surface area contributed by atoms with Gasteiger partial charge < -0.3 is 19.4 Å². The maximum Gasteiger partial charge on any atom is 0.273 e. The molecule has 1 N–H and O–H groups in total. The first-order chi connectivity index (χ1) is 13.7. The summed E-state index contributed by atoms with van der Waals surface area (Å²) < 4.78 is 11.5. The van der Waals surface area contributed by atoms with E-state index in [0.717, 1.165) is 37.7 Å². The van der Waals surface area contributed by atoms with Gasteiger partial charge in [0.15, 0.2) is 11.6 Å². The summed E-state index contributed by atoms with van der Waals surface area (Å²) in [4.78, 5) is 19.1. The van der Waals surface area contributed by atoms with Crippen LogP contribution in [0.25, 0.3) is 0 Å². The van der Waals surface area contributed by atoms with Crippen molar-refractivity contribution >= 4 is 22.4 Å². The number of anilines is 1. The number of rotatable bonds is 6. The summed E-state index contributed by atoms with van der Waals surface area (Å²) >= 11 is 1.58. The van der Waals surface area contributed by atoms with Crippen molar-refractivity contribution in [1.82, 2.24) is 20.5 Å². The number of aromatic nitrogens is 3. The van der Waals surface area contributed by atoms with Gasteiger partial charge in [-0.15, -0.1) is 10.2 Å². The molecule has 0 radical (unpaired) electrons. The molecular formula is C19H25N5O3S. The Bertz CT molecular complexity index is 821. The van der Waals surface area contributed by atoms with Crippen LogP contribution in [0.1, 0.15) is 42.1 Å². The number of fused-ring (bicyclic) bond motifs is 1. The maximum absolute atomic E-state index is 12.6. The number of ether oxygens (including phenoxy) is 1. The number of hydrogen-bond acceptors (Lipinski definition) is 8. The van der Waals surface area contributed by atoms with Crippen molar-refractivity contribution in [2.75, 3.05) is 24.6 Å². The third-order valence-electron chi connectivity index (χ3n) is 6.15. The average Bonchev–Trinajstić information content (AvgIpc) is 3.07. The van der Waals surface area contributed by atoms with E-state index in [9.17, 15) is 4.79 Å². The van der Waals surface area contributed by atoms with Crippen molar-refractivity contribution in [3.8, 4) is 0 Å². The summed E-state index contributed by atoms with van der Waals surface area (Å²) in [5.74, 6) is 2.11. The van der Waals surface area contributed by atoms with Crippen molar-refractivity contribution in [2.45, 2.75) is 44.8 Å². The lowest BCUT2D eigenvalue weighted by Crippen LogP contribution is -2.50. The predicted octanol–water partition coefficient (Wildman–Crippen LogP) is 2.27. The highest BCUT2D eigenvalue weighted by molar-refractivity contribution is 7.13. The summed E-state index contributed by atoms with van der Waals surface area (Å²) in [5, 5.41) is 12.4. The SMILES string of the molecule is Cc1nc(C(=O)N[C@H]2C[C@H]3CN(c4nncs4)C[C@H]3C[C@@H]2OCC2CC2)co1. The van der Waals surface area contributed by atoms with Gasteiger partial charge in [-0.25, -0.2) is 4.98 Å². The van der Waals surface area contributed by atoms with E-state index in [-0.39, 0.29) is 18.1 Å². The molecule has 0 bridgehead atoms. The zero-order chi connectivity index (χ0) is 19.1. The van der Waals surface area contributed by atoms with Crippen LogP contribution < -0.4 is 10.2 Å². The van der Waals surface area contributed by atoms with Gasteiger partial charge >= 0.3 is 0 Å². The highest BCUT2D eigenvalue weighted by Crippen LogP contribution is 2.40. The fourth-order valence-electron chi connectivity index (χ4n) is 4.46. The van der Waals surface area contributed by atoms with Crippen LogP contribution in [0.3, 0.4) is 0 Å². The molecule has 28 heavy (non-hydrogen) atoms. The number of nitrogens with zero attached hydrogens (tertiary/aromatic N) is 4. The molecule has 0 spiro atoms. The Morgan fingerprint density at radius 1 is 1.36 bits per heavy atom. The van der Waals surface area contributed by atoms with Gasteiger partial charge in [0.2, 0.25) is 5.13 Å². The summed E-state index contributed by atoms with van der Waals surface area (Å²) in [6.07, 6.45) is 5.88. The minimum Gasteiger partial charge on any atom is -0.448 e.